The second-order valence-corrected chi connectivity index (χ2v) is 8.87. The summed E-state index contributed by atoms with van der Waals surface area (Å²) in [5.74, 6) is 0. The Hall–Kier alpha value is -1.68. The first-order valence-corrected chi connectivity index (χ1v) is 12.3. The fourth-order valence-electron chi connectivity index (χ4n) is 4.03. The molecule has 3 heteroatoms. The standard InChI is InChI=1S/C28H43NO2/c1-3-4-5-6-7-8-9-11-14-24-17-19-25(20-18-24)27(30)21-22-29-23(2)28(31)26-15-12-10-13-16-26/h10,12-13,15-20,23,27-31H,3-9,11,14,21-22H2,1-2H3. The number of aryl methyl sites for hydroxylation is 1. The van der Waals surface area contributed by atoms with E-state index in [9.17, 15) is 10.2 Å². The molecule has 0 aliphatic rings. The smallest absolute Gasteiger partial charge is 0.0940 e. The molecule has 3 nitrogen and oxygen atoms in total. The number of unbranched alkanes of at least 4 members (excludes halogenated alkanes) is 7. The van der Waals surface area contributed by atoms with Gasteiger partial charge in [-0.3, -0.25) is 0 Å². The van der Waals surface area contributed by atoms with Crippen molar-refractivity contribution >= 4 is 0 Å². The minimum atomic E-state index is -0.547. The van der Waals surface area contributed by atoms with Gasteiger partial charge in [0.05, 0.1) is 12.2 Å². The van der Waals surface area contributed by atoms with Crippen LogP contribution < -0.4 is 5.32 Å². The molecule has 3 unspecified atom stereocenters. The Morgan fingerprint density at radius 2 is 1.35 bits per heavy atom. The molecule has 0 aromatic heterocycles. The lowest BCUT2D eigenvalue weighted by Gasteiger charge is -2.21. The zero-order valence-electron chi connectivity index (χ0n) is 19.6. The van der Waals surface area contributed by atoms with Crippen LogP contribution in [-0.2, 0) is 6.42 Å². The maximum absolute atomic E-state index is 10.5. The van der Waals surface area contributed by atoms with Crippen molar-refractivity contribution in [2.45, 2.75) is 96.3 Å². The first kappa shape index (κ1) is 25.6. The van der Waals surface area contributed by atoms with E-state index in [1.807, 2.05) is 37.3 Å². The highest BCUT2D eigenvalue weighted by molar-refractivity contribution is 5.24. The van der Waals surface area contributed by atoms with E-state index in [4.69, 9.17) is 0 Å². The fraction of sp³-hybridized carbons (Fsp3) is 0.571. The molecule has 0 saturated heterocycles. The van der Waals surface area contributed by atoms with Gasteiger partial charge in [-0.2, -0.15) is 0 Å². The Labute approximate surface area is 189 Å². The van der Waals surface area contributed by atoms with Crippen molar-refractivity contribution in [1.82, 2.24) is 5.32 Å². The van der Waals surface area contributed by atoms with Crippen LogP contribution in [0, 0.1) is 0 Å². The van der Waals surface area contributed by atoms with Crippen LogP contribution in [0.3, 0.4) is 0 Å². The van der Waals surface area contributed by atoms with Crippen molar-refractivity contribution < 1.29 is 10.2 Å². The summed E-state index contributed by atoms with van der Waals surface area (Å²) in [7, 11) is 0. The van der Waals surface area contributed by atoms with Crippen molar-refractivity contribution in [3.8, 4) is 0 Å². The van der Waals surface area contributed by atoms with Crippen LogP contribution >= 0.6 is 0 Å². The molecule has 2 aromatic rings. The molecule has 0 radical (unpaired) electrons. The zero-order valence-corrected chi connectivity index (χ0v) is 19.6. The third kappa shape index (κ3) is 9.99. The molecule has 31 heavy (non-hydrogen) atoms. The normalized spacial score (nSPS) is 14.3. The Bertz CT molecular complexity index is 686. The first-order chi connectivity index (χ1) is 15.1. The van der Waals surface area contributed by atoms with Crippen molar-refractivity contribution in [3.63, 3.8) is 0 Å². The summed E-state index contributed by atoms with van der Waals surface area (Å²) < 4.78 is 0. The molecule has 0 spiro atoms. The molecule has 0 saturated carbocycles. The minimum absolute atomic E-state index is 0.0661. The van der Waals surface area contributed by atoms with Crippen LogP contribution in [0.2, 0.25) is 0 Å². The van der Waals surface area contributed by atoms with Gasteiger partial charge in [-0.1, -0.05) is 106 Å². The Morgan fingerprint density at radius 1 is 0.742 bits per heavy atom. The quantitative estimate of drug-likeness (QED) is 0.269. The van der Waals surface area contributed by atoms with E-state index in [0.29, 0.717) is 13.0 Å². The van der Waals surface area contributed by atoms with Gasteiger partial charge >= 0.3 is 0 Å². The lowest BCUT2D eigenvalue weighted by molar-refractivity contribution is 0.127. The summed E-state index contributed by atoms with van der Waals surface area (Å²) >= 11 is 0. The molecular weight excluding hydrogens is 382 g/mol. The summed E-state index contributed by atoms with van der Waals surface area (Å²) in [5, 5.41) is 24.3. The van der Waals surface area contributed by atoms with Crippen molar-refractivity contribution in [3.05, 3.63) is 71.3 Å². The fourth-order valence-corrected chi connectivity index (χ4v) is 4.03. The summed E-state index contributed by atoms with van der Waals surface area (Å²) in [5.41, 5.74) is 3.24. The van der Waals surface area contributed by atoms with Gasteiger partial charge in [0, 0.05) is 6.04 Å². The largest absolute Gasteiger partial charge is 0.388 e. The van der Waals surface area contributed by atoms with Crippen LogP contribution in [-0.4, -0.2) is 22.8 Å². The van der Waals surface area contributed by atoms with Crippen LogP contribution in [0.1, 0.15) is 101 Å². The van der Waals surface area contributed by atoms with Gasteiger partial charge in [0.1, 0.15) is 0 Å². The van der Waals surface area contributed by atoms with E-state index in [2.05, 4.69) is 36.5 Å². The van der Waals surface area contributed by atoms with Gasteiger partial charge in [-0.15, -0.1) is 0 Å². The topological polar surface area (TPSA) is 52.5 Å². The third-order valence-corrected chi connectivity index (χ3v) is 6.18. The van der Waals surface area contributed by atoms with E-state index >= 15 is 0 Å². The SMILES string of the molecule is CCCCCCCCCCc1ccc(C(O)CCNC(C)C(O)c2ccccc2)cc1. The molecule has 3 atom stereocenters. The van der Waals surface area contributed by atoms with Crippen molar-refractivity contribution in [2.24, 2.45) is 0 Å². The van der Waals surface area contributed by atoms with Gasteiger partial charge in [0.2, 0.25) is 0 Å². The third-order valence-electron chi connectivity index (χ3n) is 6.18. The molecule has 0 aliphatic carbocycles. The first-order valence-electron chi connectivity index (χ1n) is 12.3. The van der Waals surface area contributed by atoms with Crippen molar-refractivity contribution in [1.29, 1.82) is 0 Å². The highest BCUT2D eigenvalue weighted by Gasteiger charge is 2.16. The Morgan fingerprint density at radius 3 is 2.00 bits per heavy atom. The van der Waals surface area contributed by atoms with Gasteiger partial charge < -0.3 is 15.5 Å². The monoisotopic (exact) mass is 425 g/mol. The molecule has 0 heterocycles. The Balaban J connectivity index is 1.62. The maximum Gasteiger partial charge on any atom is 0.0940 e. The Kier molecular flexibility index (Phi) is 12.5. The average molecular weight is 426 g/mol. The summed E-state index contributed by atoms with van der Waals surface area (Å²) in [6.45, 7) is 4.90. The second-order valence-electron chi connectivity index (χ2n) is 8.87. The van der Waals surface area contributed by atoms with Crippen LogP contribution in [0.15, 0.2) is 54.6 Å². The van der Waals surface area contributed by atoms with Crippen LogP contribution in [0.25, 0.3) is 0 Å². The van der Waals surface area contributed by atoms with E-state index in [1.54, 1.807) is 0 Å². The van der Waals surface area contributed by atoms with Gasteiger partial charge in [-0.05, 0) is 49.4 Å². The molecule has 2 aromatic carbocycles. The molecule has 0 fully saturated rings. The number of rotatable bonds is 16. The summed E-state index contributed by atoms with van der Waals surface area (Å²) in [4.78, 5) is 0. The van der Waals surface area contributed by atoms with E-state index in [0.717, 1.165) is 17.5 Å². The number of hydrogen-bond donors (Lipinski definition) is 3. The molecule has 0 bridgehead atoms. The highest BCUT2D eigenvalue weighted by atomic mass is 16.3. The predicted octanol–water partition coefficient (Wildman–Crippen LogP) is 6.51. The number of hydrogen-bond acceptors (Lipinski definition) is 3. The number of aliphatic hydroxyl groups is 2. The predicted molar refractivity (Wildman–Crippen MR) is 131 cm³/mol. The lowest BCUT2D eigenvalue weighted by Crippen LogP contribution is -2.33. The zero-order chi connectivity index (χ0) is 22.3. The van der Waals surface area contributed by atoms with Gasteiger partial charge in [-0.25, -0.2) is 0 Å². The number of benzene rings is 2. The van der Waals surface area contributed by atoms with Crippen LogP contribution in [0.5, 0.6) is 0 Å². The molecule has 172 valence electrons. The van der Waals surface area contributed by atoms with E-state index in [-0.39, 0.29) is 6.04 Å². The van der Waals surface area contributed by atoms with Crippen molar-refractivity contribution in [2.75, 3.05) is 6.54 Å². The number of nitrogens with one attached hydrogen (secondary N) is 1. The van der Waals surface area contributed by atoms with Gasteiger partial charge in [0.25, 0.3) is 0 Å². The van der Waals surface area contributed by atoms with E-state index < -0.39 is 12.2 Å². The molecule has 3 N–H and O–H groups in total. The molecule has 0 amide bonds. The highest BCUT2D eigenvalue weighted by Crippen LogP contribution is 2.20. The number of aliphatic hydroxyl groups excluding tert-OH is 2. The molecule has 0 aliphatic heterocycles. The summed E-state index contributed by atoms with van der Waals surface area (Å²) in [6, 6.07) is 18.1. The minimum Gasteiger partial charge on any atom is -0.388 e. The molecule has 2 rings (SSSR count). The lowest BCUT2D eigenvalue weighted by atomic mass is 10.0. The van der Waals surface area contributed by atoms with E-state index in [1.165, 1.54) is 56.9 Å². The van der Waals surface area contributed by atoms with Crippen LogP contribution in [0.4, 0.5) is 0 Å². The molecular formula is C28H43NO2. The second kappa shape index (κ2) is 15.2. The summed E-state index contributed by atoms with van der Waals surface area (Å²) in [6.07, 6.45) is 11.5. The van der Waals surface area contributed by atoms with Gasteiger partial charge in [0.15, 0.2) is 0 Å². The average Bonchev–Trinajstić information content (AvgIpc) is 2.81. The maximum atomic E-state index is 10.5.